The van der Waals surface area contributed by atoms with Crippen molar-refractivity contribution in [2.24, 2.45) is 5.41 Å². The molecular weight excluding hydrogens is 418 g/mol. The number of sulfonamides is 1. The Hall–Kier alpha value is -2.75. The SMILES string of the molecule is O=C(NCc1ccc(S(=O)(=O)N2CC3(CCOCC3)C2)cc1)c1cc2ccncc2o1. The standard InChI is InChI=1S/C22H23N3O5S/c26-21(19-11-17-5-8-23-13-20(17)30-19)24-12-16-1-3-18(4-2-16)31(27,28)25-14-22(15-25)6-9-29-10-7-22/h1-5,8,11,13H,6-7,9-10,12,14-15H2,(H,24,26). The van der Waals surface area contributed by atoms with Crippen LogP contribution in [0.25, 0.3) is 11.0 Å². The van der Waals surface area contributed by atoms with Gasteiger partial charge in [-0.25, -0.2) is 8.42 Å². The van der Waals surface area contributed by atoms with Gasteiger partial charge in [0.25, 0.3) is 5.91 Å². The number of carbonyl (C=O) groups excluding carboxylic acids is 1. The predicted octanol–water partition coefficient (Wildman–Crippen LogP) is 2.56. The Kier molecular flexibility index (Phi) is 5.04. The predicted molar refractivity (Wildman–Crippen MR) is 113 cm³/mol. The van der Waals surface area contributed by atoms with Crippen LogP contribution in [-0.4, -0.2) is 49.9 Å². The number of hydrogen-bond acceptors (Lipinski definition) is 6. The number of hydrogen-bond donors (Lipinski definition) is 1. The zero-order valence-electron chi connectivity index (χ0n) is 16.9. The van der Waals surface area contributed by atoms with Gasteiger partial charge in [-0.15, -0.1) is 0 Å². The van der Waals surface area contributed by atoms with Gasteiger partial charge in [-0.1, -0.05) is 12.1 Å². The number of rotatable bonds is 5. The Labute approximate surface area is 180 Å². The second-order valence-electron chi connectivity index (χ2n) is 8.24. The molecule has 8 nitrogen and oxygen atoms in total. The minimum absolute atomic E-state index is 0.0856. The van der Waals surface area contributed by atoms with Crippen molar-refractivity contribution in [3.8, 4) is 0 Å². The molecule has 3 aromatic rings. The molecule has 9 heteroatoms. The fourth-order valence-corrected chi connectivity index (χ4v) is 5.85. The van der Waals surface area contributed by atoms with Gasteiger partial charge in [0.15, 0.2) is 11.3 Å². The lowest BCUT2D eigenvalue weighted by atomic mass is 9.75. The molecule has 5 rings (SSSR count). The molecule has 1 spiro atoms. The number of nitrogens with zero attached hydrogens (tertiary/aromatic N) is 2. The average Bonchev–Trinajstić information content (AvgIpc) is 3.21. The lowest BCUT2D eigenvalue weighted by Gasteiger charge is -2.51. The number of fused-ring (bicyclic) bond motifs is 1. The topological polar surface area (TPSA) is 102 Å². The summed E-state index contributed by atoms with van der Waals surface area (Å²) in [5.74, 6) is -0.128. The van der Waals surface area contributed by atoms with Crippen LogP contribution in [-0.2, 0) is 21.3 Å². The van der Waals surface area contributed by atoms with E-state index < -0.39 is 10.0 Å². The minimum Gasteiger partial charge on any atom is -0.449 e. The van der Waals surface area contributed by atoms with Crippen LogP contribution in [0, 0.1) is 5.41 Å². The van der Waals surface area contributed by atoms with Crippen molar-refractivity contribution in [1.82, 2.24) is 14.6 Å². The monoisotopic (exact) mass is 441 g/mol. The van der Waals surface area contributed by atoms with Crippen molar-refractivity contribution < 1.29 is 22.4 Å². The Balaban J connectivity index is 1.20. The van der Waals surface area contributed by atoms with E-state index in [4.69, 9.17) is 9.15 Å². The zero-order chi connectivity index (χ0) is 21.5. The molecule has 2 aliphatic heterocycles. The number of pyridine rings is 1. The van der Waals surface area contributed by atoms with E-state index in [9.17, 15) is 13.2 Å². The molecule has 2 aliphatic rings. The lowest BCUT2D eigenvalue weighted by molar-refractivity contribution is -0.0476. The summed E-state index contributed by atoms with van der Waals surface area (Å²) >= 11 is 0. The lowest BCUT2D eigenvalue weighted by Crippen LogP contribution is -2.60. The van der Waals surface area contributed by atoms with Crippen molar-refractivity contribution >= 4 is 26.9 Å². The van der Waals surface area contributed by atoms with Gasteiger partial charge in [-0.05, 0) is 42.7 Å². The van der Waals surface area contributed by atoms with Gasteiger partial charge in [0, 0.05) is 49.8 Å². The van der Waals surface area contributed by atoms with Gasteiger partial charge < -0.3 is 14.5 Å². The van der Waals surface area contributed by atoms with E-state index in [0.29, 0.717) is 31.9 Å². The van der Waals surface area contributed by atoms with Gasteiger partial charge in [0.05, 0.1) is 11.1 Å². The first kappa shape index (κ1) is 20.2. The fraction of sp³-hybridized carbons (Fsp3) is 0.364. The quantitative estimate of drug-likeness (QED) is 0.653. The Morgan fingerprint density at radius 1 is 1.13 bits per heavy atom. The summed E-state index contributed by atoms with van der Waals surface area (Å²) in [7, 11) is -3.50. The van der Waals surface area contributed by atoms with Crippen LogP contribution in [0.15, 0.2) is 58.1 Å². The molecule has 162 valence electrons. The van der Waals surface area contributed by atoms with E-state index in [1.54, 1.807) is 53.1 Å². The highest BCUT2D eigenvalue weighted by Crippen LogP contribution is 2.42. The Morgan fingerprint density at radius 2 is 1.87 bits per heavy atom. The summed E-state index contributed by atoms with van der Waals surface area (Å²) in [5.41, 5.74) is 1.44. The third kappa shape index (κ3) is 3.84. The molecule has 1 N–H and O–H groups in total. The summed E-state index contributed by atoms with van der Waals surface area (Å²) in [4.78, 5) is 16.6. The summed E-state index contributed by atoms with van der Waals surface area (Å²) in [5, 5.41) is 3.60. The maximum atomic E-state index is 12.9. The molecular formula is C22H23N3O5S. The van der Waals surface area contributed by atoms with Crippen LogP contribution in [0.5, 0.6) is 0 Å². The van der Waals surface area contributed by atoms with Gasteiger partial charge in [-0.2, -0.15) is 4.31 Å². The van der Waals surface area contributed by atoms with Crippen molar-refractivity contribution in [2.45, 2.75) is 24.3 Å². The third-order valence-electron chi connectivity index (χ3n) is 6.14. The van der Waals surface area contributed by atoms with Crippen LogP contribution in [0.4, 0.5) is 0 Å². The number of carbonyl (C=O) groups is 1. The molecule has 0 bridgehead atoms. The second-order valence-corrected chi connectivity index (χ2v) is 10.2. The normalized spacial score (nSPS) is 18.7. The van der Waals surface area contributed by atoms with E-state index in [1.165, 1.54) is 0 Å². The van der Waals surface area contributed by atoms with Crippen LogP contribution in [0.2, 0.25) is 0 Å². The molecule has 4 heterocycles. The van der Waals surface area contributed by atoms with E-state index >= 15 is 0 Å². The highest BCUT2D eigenvalue weighted by Gasteiger charge is 2.48. The second kappa shape index (κ2) is 7.74. The first-order chi connectivity index (χ1) is 15.0. The largest absolute Gasteiger partial charge is 0.449 e. The number of furan rings is 1. The summed E-state index contributed by atoms with van der Waals surface area (Å²) in [6.45, 7) is 2.80. The summed E-state index contributed by atoms with van der Waals surface area (Å²) in [6, 6.07) is 10.1. The summed E-state index contributed by atoms with van der Waals surface area (Å²) < 4.78 is 38.2. The molecule has 31 heavy (non-hydrogen) atoms. The van der Waals surface area contributed by atoms with E-state index in [2.05, 4.69) is 10.3 Å². The molecule has 0 unspecified atom stereocenters. The molecule has 0 atom stereocenters. The highest BCUT2D eigenvalue weighted by molar-refractivity contribution is 7.89. The van der Waals surface area contributed by atoms with Crippen LogP contribution >= 0.6 is 0 Å². The van der Waals surface area contributed by atoms with E-state index in [-0.39, 0.29) is 28.5 Å². The number of amides is 1. The number of aromatic nitrogens is 1. The number of nitrogens with one attached hydrogen (secondary N) is 1. The van der Waals surface area contributed by atoms with Crippen molar-refractivity contribution in [3.05, 3.63) is 60.1 Å². The third-order valence-corrected chi connectivity index (χ3v) is 7.94. The van der Waals surface area contributed by atoms with Crippen molar-refractivity contribution in [2.75, 3.05) is 26.3 Å². The Bertz CT molecular complexity index is 1170. The zero-order valence-corrected chi connectivity index (χ0v) is 17.7. The van der Waals surface area contributed by atoms with Crippen molar-refractivity contribution in [3.63, 3.8) is 0 Å². The minimum atomic E-state index is -3.50. The first-order valence-electron chi connectivity index (χ1n) is 10.2. The summed E-state index contributed by atoms with van der Waals surface area (Å²) in [6.07, 6.45) is 5.03. The smallest absolute Gasteiger partial charge is 0.287 e. The molecule has 0 saturated carbocycles. The maximum Gasteiger partial charge on any atom is 0.287 e. The highest BCUT2D eigenvalue weighted by atomic mass is 32.2. The molecule has 2 aromatic heterocycles. The van der Waals surface area contributed by atoms with E-state index in [0.717, 1.165) is 23.8 Å². The molecule has 2 fully saturated rings. The first-order valence-corrected chi connectivity index (χ1v) is 11.7. The van der Waals surface area contributed by atoms with Crippen LogP contribution < -0.4 is 5.32 Å². The van der Waals surface area contributed by atoms with E-state index in [1.807, 2.05) is 0 Å². The number of ether oxygens (including phenoxy) is 1. The molecule has 1 amide bonds. The van der Waals surface area contributed by atoms with Gasteiger partial charge in [0.2, 0.25) is 10.0 Å². The molecule has 1 aromatic carbocycles. The Morgan fingerprint density at radius 3 is 2.58 bits per heavy atom. The fourth-order valence-electron chi connectivity index (χ4n) is 4.19. The number of benzene rings is 1. The molecule has 2 saturated heterocycles. The van der Waals surface area contributed by atoms with Crippen LogP contribution in [0.3, 0.4) is 0 Å². The molecule has 0 aliphatic carbocycles. The van der Waals surface area contributed by atoms with Crippen LogP contribution in [0.1, 0.15) is 29.0 Å². The average molecular weight is 442 g/mol. The maximum absolute atomic E-state index is 12.9. The van der Waals surface area contributed by atoms with Gasteiger partial charge in [-0.3, -0.25) is 9.78 Å². The van der Waals surface area contributed by atoms with Crippen molar-refractivity contribution in [1.29, 1.82) is 0 Å². The van der Waals surface area contributed by atoms with Gasteiger partial charge >= 0.3 is 0 Å². The van der Waals surface area contributed by atoms with Gasteiger partial charge in [0.1, 0.15) is 0 Å². The molecule has 0 radical (unpaired) electrons.